The van der Waals surface area contributed by atoms with Crippen molar-refractivity contribution in [2.45, 2.75) is 12.8 Å². The van der Waals surface area contributed by atoms with Crippen LogP contribution >= 0.6 is 11.3 Å². The number of rotatable bonds is 3. The molecule has 0 saturated carbocycles. The van der Waals surface area contributed by atoms with Gasteiger partial charge in [-0.05, 0) is 31.2 Å². The molecule has 0 aliphatic rings. The Labute approximate surface area is 107 Å². The number of hydrogen-bond acceptors (Lipinski definition) is 2. The third kappa shape index (κ3) is 2.41. The van der Waals surface area contributed by atoms with E-state index < -0.39 is 23.5 Å². The fourth-order valence-electron chi connectivity index (χ4n) is 1.54. The second-order valence-electron chi connectivity index (χ2n) is 3.89. The zero-order valence-electron chi connectivity index (χ0n) is 9.48. The Morgan fingerprint density at radius 1 is 1.28 bits per heavy atom. The lowest BCUT2D eigenvalue weighted by Gasteiger charge is -2.02. The number of hydrogen-bond donors (Lipinski definition) is 1. The van der Waals surface area contributed by atoms with Crippen molar-refractivity contribution in [3.05, 3.63) is 46.8 Å². The van der Waals surface area contributed by atoms with Crippen LogP contribution in [-0.2, 0) is 4.79 Å². The Kier molecular flexibility index (Phi) is 3.43. The first-order chi connectivity index (χ1) is 8.49. The van der Waals surface area contributed by atoms with Gasteiger partial charge in [0.25, 0.3) is 0 Å². The van der Waals surface area contributed by atoms with Gasteiger partial charge in [0.05, 0.1) is 5.92 Å². The van der Waals surface area contributed by atoms with E-state index in [2.05, 4.69) is 0 Å². The molecule has 0 aliphatic carbocycles. The first-order valence-electron chi connectivity index (χ1n) is 5.27. The van der Waals surface area contributed by atoms with Crippen LogP contribution in [0.4, 0.5) is 8.78 Å². The summed E-state index contributed by atoms with van der Waals surface area (Å²) in [6.45, 7) is 1.57. The molecule has 0 spiro atoms. The molecule has 5 heteroatoms. The summed E-state index contributed by atoms with van der Waals surface area (Å²) in [6.07, 6.45) is 0. The molecule has 18 heavy (non-hydrogen) atoms. The lowest BCUT2D eigenvalue weighted by atomic mass is 10.1. The molecule has 0 aliphatic heterocycles. The largest absolute Gasteiger partial charge is 0.481 e. The summed E-state index contributed by atoms with van der Waals surface area (Å²) in [5.74, 6) is -2.84. The molecule has 2 nitrogen and oxygen atoms in total. The minimum absolute atomic E-state index is 0.283. The number of benzene rings is 1. The van der Waals surface area contributed by atoms with Gasteiger partial charge in [-0.25, -0.2) is 8.78 Å². The van der Waals surface area contributed by atoms with Gasteiger partial charge in [0, 0.05) is 21.4 Å². The third-order valence-electron chi connectivity index (χ3n) is 2.62. The van der Waals surface area contributed by atoms with Crippen molar-refractivity contribution in [3.63, 3.8) is 0 Å². The summed E-state index contributed by atoms with van der Waals surface area (Å²) < 4.78 is 26.3. The molecule has 2 aromatic rings. The second kappa shape index (κ2) is 4.86. The maximum atomic E-state index is 13.6. The van der Waals surface area contributed by atoms with Crippen molar-refractivity contribution in [1.82, 2.24) is 0 Å². The molecule has 2 rings (SSSR count). The maximum absolute atomic E-state index is 13.6. The van der Waals surface area contributed by atoms with Crippen molar-refractivity contribution in [3.8, 4) is 10.4 Å². The third-order valence-corrected chi connectivity index (χ3v) is 3.92. The first-order valence-corrected chi connectivity index (χ1v) is 6.08. The molecular weight excluding hydrogens is 258 g/mol. The summed E-state index contributed by atoms with van der Waals surface area (Å²) >= 11 is 1.20. The molecule has 94 valence electrons. The van der Waals surface area contributed by atoms with Gasteiger partial charge in [-0.3, -0.25) is 4.79 Å². The predicted molar refractivity (Wildman–Crippen MR) is 65.7 cm³/mol. The highest BCUT2D eigenvalue weighted by Gasteiger charge is 2.17. The van der Waals surface area contributed by atoms with Crippen molar-refractivity contribution in [1.29, 1.82) is 0 Å². The van der Waals surface area contributed by atoms with Gasteiger partial charge < -0.3 is 5.11 Å². The monoisotopic (exact) mass is 268 g/mol. The normalized spacial score (nSPS) is 12.4. The van der Waals surface area contributed by atoms with Gasteiger partial charge >= 0.3 is 5.97 Å². The summed E-state index contributed by atoms with van der Waals surface area (Å²) in [5.41, 5.74) is 0.283. The molecule has 0 radical (unpaired) electrons. The second-order valence-corrected chi connectivity index (χ2v) is 5.00. The number of carboxylic acids is 1. The molecule has 1 aromatic heterocycles. The average Bonchev–Trinajstić information content (AvgIpc) is 2.77. The Morgan fingerprint density at radius 2 is 2.00 bits per heavy atom. The van der Waals surface area contributed by atoms with Crippen molar-refractivity contribution in [2.24, 2.45) is 0 Å². The van der Waals surface area contributed by atoms with Crippen molar-refractivity contribution in [2.75, 3.05) is 0 Å². The predicted octanol–water partition coefficient (Wildman–Crippen LogP) is 3.88. The van der Waals surface area contributed by atoms with E-state index in [9.17, 15) is 13.6 Å². The van der Waals surface area contributed by atoms with E-state index in [4.69, 9.17) is 5.11 Å². The van der Waals surface area contributed by atoms with E-state index in [1.165, 1.54) is 23.5 Å². The van der Waals surface area contributed by atoms with E-state index in [0.717, 1.165) is 6.07 Å². The zero-order chi connectivity index (χ0) is 13.3. The minimum atomic E-state index is -0.928. The van der Waals surface area contributed by atoms with E-state index in [0.29, 0.717) is 9.75 Å². The molecule has 0 bridgehead atoms. The van der Waals surface area contributed by atoms with E-state index in [1.807, 2.05) is 0 Å². The lowest BCUT2D eigenvalue weighted by Crippen LogP contribution is -2.04. The molecule has 0 saturated heterocycles. The standard InChI is InChI=1S/C13H10F2O2S/c1-7(13(16)17)11-4-5-12(18-11)9-3-2-8(14)6-10(9)15/h2-7H,1H3,(H,16,17). The van der Waals surface area contributed by atoms with Crippen LogP contribution in [0, 0.1) is 11.6 Å². The molecule has 1 heterocycles. The maximum Gasteiger partial charge on any atom is 0.311 e. The van der Waals surface area contributed by atoms with Crippen LogP contribution in [0.3, 0.4) is 0 Å². The van der Waals surface area contributed by atoms with Gasteiger partial charge in [-0.1, -0.05) is 0 Å². The number of carboxylic acid groups (broad SMARTS) is 1. The van der Waals surface area contributed by atoms with E-state index in [1.54, 1.807) is 19.1 Å². The molecule has 1 unspecified atom stereocenters. The number of thiophene rings is 1. The quantitative estimate of drug-likeness (QED) is 0.917. The number of aliphatic carboxylic acids is 1. The highest BCUT2D eigenvalue weighted by Crippen LogP contribution is 2.33. The van der Waals surface area contributed by atoms with Crippen LogP contribution in [0.5, 0.6) is 0 Å². The van der Waals surface area contributed by atoms with Crippen LogP contribution in [0.1, 0.15) is 17.7 Å². The summed E-state index contributed by atoms with van der Waals surface area (Å²) in [6, 6.07) is 6.65. The molecule has 1 aromatic carbocycles. The van der Waals surface area contributed by atoms with Crippen LogP contribution < -0.4 is 0 Å². The van der Waals surface area contributed by atoms with Gasteiger partial charge in [-0.2, -0.15) is 0 Å². The molecule has 1 N–H and O–H groups in total. The van der Waals surface area contributed by atoms with Crippen molar-refractivity contribution >= 4 is 17.3 Å². The highest BCUT2D eigenvalue weighted by atomic mass is 32.1. The van der Waals surface area contributed by atoms with Crippen LogP contribution in [0.25, 0.3) is 10.4 Å². The van der Waals surface area contributed by atoms with Gasteiger partial charge in [0.1, 0.15) is 11.6 Å². The van der Waals surface area contributed by atoms with Crippen LogP contribution in [0.2, 0.25) is 0 Å². The van der Waals surface area contributed by atoms with Gasteiger partial charge in [-0.15, -0.1) is 11.3 Å². The average molecular weight is 268 g/mol. The lowest BCUT2D eigenvalue weighted by molar-refractivity contribution is -0.138. The number of halogens is 2. The Bertz CT molecular complexity index is 592. The molecule has 0 fully saturated rings. The fraction of sp³-hybridized carbons (Fsp3) is 0.154. The zero-order valence-corrected chi connectivity index (χ0v) is 10.3. The first kappa shape index (κ1) is 12.7. The highest BCUT2D eigenvalue weighted by molar-refractivity contribution is 7.15. The smallest absolute Gasteiger partial charge is 0.311 e. The van der Waals surface area contributed by atoms with Crippen LogP contribution in [-0.4, -0.2) is 11.1 Å². The minimum Gasteiger partial charge on any atom is -0.481 e. The Morgan fingerprint density at radius 3 is 2.61 bits per heavy atom. The summed E-state index contributed by atoms with van der Waals surface area (Å²) in [7, 11) is 0. The van der Waals surface area contributed by atoms with E-state index >= 15 is 0 Å². The van der Waals surface area contributed by atoms with Gasteiger partial charge in [0.15, 0.2) is 0 Å². The van der Waals surface area contributed by atoms with Crippen molar-refractivity contribution < 1.29 is 18.7 Å². The van der Waals surface area contributed by atoms with E-state index in [-0.39, 0.29) is 5.56 Å². The summed E-state index contributed by atoms with van der Waals surface area (Å²) in [5, 5.41) is 8.89. The molecule has 0 amide bonds. The Balaban J connectivity index is 2.38. The van der Waals surface area contributed by atoms with Crippen LogP contribution in [0.15, 0.2) is 30.3 Å². The van der Waals surface area contributed by atoms with Gasteiger partial charge in [0.2, 0.25) is 0 Å². The summed E-state index contributed by atoms with van der Waals surface area (Å²) in [4.78, 5) is 12.1. The molecule has 1 atom stereocenters. The number of carbonyl (C=O) groups is 1. The topological polar surface area (TPSA) is 37.3 Å². The SMILES string of the molecule is CC(C(=O)O)c1ccc(-c2ccc(F)cc2F)s1. The fourth-order valence-corrected chi connectivity index (χ4v) is 2.62. The Hall–Kier alpha value is -1.75. The molecular formula is C13H10F2O2S.